The second kappa shape index (κ2) is 2.64. The van der Waals surface area contributed by atoms with Crippen molar-refractivity contribution in [3.05, 3.63) is 11.9 Å². The van der Waals surface area contributed by atoms with Crippen LogP contribution in [-0.4, -0.2) is 12.0 Å². The summed E-state index contributed by atoms with van der Waals surface area (Å²) in [4.78, 5) is 3.94. The van der Waals surface area contributed by atoms with Gasteiger partial charge in [-0.15, -0.1) is 12.3 Å². The Morgan fingerprint density at radius 2 is 2.55 bits per heavy atom. The second-order valence-electron chi connectivity index (χ2n) is 2.37. The number of nitrogens with two attached hydrogens (primary N) is 2. The van der Waals surface area contributed by atoms with Crippen molar-refractivity contribution >= 4 is 6.34 Å². The molecule has 0 saturated heterocycles. The minimum absolute atomic E-state index is 0.353. The van der Waals surface area contributed by atoms with Crippen LogP contribution in [0.2, 0.25) is 0 Å². The van der Waals surface area contributed by atoms with Crippen molar-refractivity contribution in [3.63, 3.8) is 0 Å². The van der Waals surface area contributed by atoms with Crippen LogP contribution in [-0.2, 0) is 0 Å². The summed E-state index contributed by atoms with van der Waals surface area (Å²) >= 11 is 0. The molecular weight excluding hydrogens is 140 g/mol. The van der Waals surface area contributed by atoms with Crippen molar-refractivity contribution < 1.29 is 0 Å². The number of nitrogens with one attached hydrogen (secondary N) is 1. The summed E-state index contributed by atoms with van der Waals surface area (Å²) < 4.78 is 0. The molecule has 4 heteroatoms. The molecule has 1 aliphatic rings. The van der Waals surface area contributed by atoms with E-state index < -0.39 is 5.66 Å². The van der Waals surface area contributed by atoms with E-state index in [2.05, 4.69) is 16.2 Å². The molecule has 0 amide bonds. The lowest BCUT2D eigenvalue weighted by Gasteiger charge is -2.22. The van der Waals surface area contributed by atoms with E-state index in [0.29, 0.717) is 12.2 Å². The van der Waals surface area contributed by atoms with E-state index in [4.69, 9.17) is 17.9 Å². The molecule has 0 radical (unpaired) electrons. The molecule has 4 nitrogen and oxygen atoms in total. The summed E-state index contributed by atoms with van der Waals surface area (Å²) in [6, 6.07) is 0. The first-order chi connectivity index (χ1) is 5.16. The van der Waals surface area contributed by atoms with Crippen LogP contribution in [0.4, 0.5) is 0 Å². The third-order valence-electron chi connectivity index (χ3n) is 1.33. The molecule has 0 spiro atoms. The van der Waals surface area contributed by atoms with Gasteiger partial charge in [-0.2, -0.15) is 0 Å². The largest absolute Gasteiger partial charge is 0.385 e. The first kappa shape index (κ1) is 7.63. The summed E-state index contributed by atoms with van der Waals surface area (Å²) in [6.07, 6.45) is 8.50. The Bertz CT molecular complexity index is 248. The lowest BCUT2D eigenvalue weighted by atomic mass is 10.1. The van der Waals surface area contributed by atoms with E-state index in [1.165, 1.54) is 6.34 Å². The van der Waals surface area contributed by atoms with E-state index in [1.807, 2.05) is 0 Å². The maximum absolute atomic E-state index is 5.72. The third kappa shape index (κ3) is 1.72. The van der Waals surface area contributed by atoms with Gasteiger partial charge in [-0.3, -0.25) is 0 Å². The zero-order valence-electron chi connectivity index (χ0n) is 6.04. The van der Waals surface area contributed by atoms with Gasteiger partial charge in [0.05, 0.1) is 12.8 Å². The van der Waals surface area contributed by atoms with Gasteiger partial charge in [0.2, 0.25) is 0 Å². The topological polar surface area (TPSA) is 76.4 Å². The molecule has 0 aromatic carbocycles. The number of rotatable bonds is 1. The van der Waals surface area contributed by atoms with Crippen LogP contribution in [0.5, 0.6) is 0 Å². The van der Waals surface area contributed by atoms with Gasteiger partial charge in [-0.25, -0.2) is 4.99 Å². The summed E-state index contributed by atoms with van der Waals surface area (Å²) in [5.74, 6) is 2.92. The summed E-state index contributed by atoms with van der Waals surface area (Å²) in [5.41, 5.74) is 10.4. The Labute approximate surface area is 65.4 Å². The molecule has 1 atom stereocenters. The van der Waals surface area contributed by atoms with Gasteiger partial charge in [0.1, 0.15) is 11.5 Å². The highest BCUT2D eigenvalue weighted by Crippen LogP contribution is 2.11. The lowest BCUT2D eigenvalue weighted by Crippen LogP contribution is -2.41. The average molecular weight is 150 g/mol. The van der Waals surface area contributed by atoms with Crippen LogP contribution in [0, 0.1) is 12.3 Å². The molecule has 0 fully saturated rings. The smallest absolute Gasteiger partial charge is 0.143 e. The third-order valence-corrected chi connectivity index (χ3v) is 1.33. The maximum atomic E-state index is 5.72. The van der Waals surface area contributed by atoms with Crippen LogP contribution in [0.15, 0.2) is 16.9 Å². The highest BCUT2D eigenvalue weighted by molar-refractivity contribution is 5.60. The Balaban J connectivity index is 2.78. The number of hydrogen-bond acceptors (Lipinski definition) is 4. The van der Waals surface area contributed by atoms with Gasteiger partial charge in [0.25, 0.3) is 0 Å². The molecule has 58 valence electrons. The highest BCUT2D eigenvalue weighted by atomic mass is 15.1. The van der Waals surface area contributed by atoms with Crippen molar-refractivity contribution in [2.45, 2.75) is 12.1 Å². The minimum Gasteiger partial charge on any atom is -0.385 e. The van der Waals surface area contributed by atoms with Crippen LogP contribution in [0.25, 0.3) is 0 Å². The van der Waals surface area contributed by atoms with Gasteiger partial charge in [0.15, 0.2) is 0 Å². The van der Waals surface area contributed by atoms with Gasteiger partial charge < -0.3 is 16.8 Å². The average Bonchev–Trinajstić information content (AvgIpc) is 1.86. The molecule has 0 aromatic heterocycles. The molecule has 11 heavy (non-hydrogen) atoms. The summed E-state index contributed by atoms with van der Waals surface area (Å²) in [5, 5.41) is 2.69. The Kier molecular flexibility index (Phi) is 1.83. The zero-order valence-corrected chi connectivity index (χ0v) is 6.04. The van der Waals surface area contributed by atoms with Crippen LogP contribution in [0.3, 0.4) is 0 Å². The van der Waals surface area contributed by atoms with Gasteiger partial charge in [0, 0.05) is 0 Å². The molecule has 0 aliphatic carbocycles. The Morgan fingerprint density at radius 1 is 1.82 bits per heavy atom. The molecule has 0 aromatic rings. The molecule has 0 bridgehead atoms. The normalized spacial score (nSPS) is 28.5. The van der Waals surface area contributed by atoms with E-state index in [-0.39, 0.29) is 0 Å². The van der Waals surface area contributed by atoms with Crippen molar-refractivity contribution in [1.29, 1.82) is 0 Å². The predicted octanol–water partition coefficient (Wildman–Crippen LogP) is -0.904. The van der Waals surface area contributed by atoms with Gasteiger partial charge in [-0.05, 0) is 6.08 Å². The first-order valence-corrected chi connectivity index (χ1v) is 3.17. The molecule has 0 saturated carbocycles. The lowest BCUT2D eigenvalue weighted by molar-refractivity contribution is 0.559. The van der Waals surface area contributed by atoms with Crippen molar-refractivity contribution in [2.24, 2.45) is 16.5 Å². The first-order valence-electron chi connectivity index (χ1n) is 3.17. The summed E-state index contributed by atoms with van der Waals surface area (Å²) in [6.45, 7) is 0. The highest BCUT2D eigenvalue weighted by Gasteiger charge is 2.21. The Morgan fingerprint density at radius 3 is 3.09 bits per heavy atom. The molecule has 1 aliphatic heterocycles. The SMILES string of the molecule is C#CCC1(N)C=C(N)NC=N1. The van der Waals surface area contributed by atoms with Crippen LogP contribution < -0.4 is 16.8 Å². The van der Waals surface area contributed by atoms with E-state index >= 15 is 0 Å². The number of hydrogen-bond donors (Lipinski definition) is 3. The standard InChI is InChI=1S/C7H10N4/c1-2-3-7(9)4-6(8)10-5-11-7/h1,4-5H,3,8-9H2,(H,10,11). The van der Waals surface area contributed by atoms with Crippen LogP contribution in [0.1, 0.15) is 6.42 Å². The molecule has 1 heterocycles. The molecular formula is C7H10N4. The predicted molar refractivity (Wildman–Crippen MR) is 44.3 cm³/mol. The van der Waals surface area contributed by atoms with E-state index in [9.17, 15) is 0 Å². The fraction of sp³-hybridized carbons (Fsp3) is 0.286. The minimum atomic E-state index is -0.815. The maximum Gasteiger partial charge on any atom is 0.143 e. The van der Waals surface area contributed by atoms with E-state index in [1.54, 1.807) is 6.08 Å². The zero-order chi connectivity index (χ0) is 8.32. The molecule has 5 N–H and O–H groups in total. The van der Waals surface area contributed by atoms with Gasteiger partial charge in [-0.1, -0.05) is 0 Å². The van der Waals surface area contributed by atoms with Crippen LogP contribution >= 0.6 is 0 Å². The number of nitrogens with zero attached hydrogens (tertiary/aromatic N) is 1. The van der Waals surface area contributed by atoms with Crippen molar-refractivity contribution in [3.8, 4) is 12.3 Å². The van der Waals surface area contributed by atoms with Crippen molar-refractivity contribution in [1.82, 2.24) is 5.32 Å². The number of terminal acetylenes is 1. The second-order valence-corrected chi connectivity index (χ2v) is 2.37. The van der Waals surface area contributed by atoms with Gasteiger partial charge >= 0.3 is 0 Å². The van der Waals surface area contributed by atoms with E-state index in [0.717, 1.165) is 0 Å². The Hall–Kier alpha value is -1.47. The quantitative estimate of drug-likeness (QED) is 0.424. The molecule has 1 rings (SSSR count). The molecule has 1 unspecified atom stereocenters. The number of aliphatic imine (C=N–C) groups is 1. The monoisotopic (exact) mass is 150 g/mol. The fourth-order valence-corrected chi connectivity index (χ4v) is 0.835. The summed E-state index contributed by atoms with van der Waals surface area (Å²) in [7, 11) is 0. The van der Waals surface area contributed by atoms with Crippen molar-refractivity contribution in [2.75, 3.05) is 0 Å². The fourth-order valence-electron chi connectivity index (χ4n) is 0.835.